The van der Waals surface area contributed by atoms with Gasteiger partial charge in [0.15, 0.2) is 5.78 Å². The molecule has 1 aromatic rings. The molecule has 0 aliphatic heterocycles. The number of rotatable bonds is 1. The van der Waals surface area contributed by atoms with E-state index in [1.165, 1.54) is 24.1 Å². The third kappa shape index (κ3) is 7.29. The largest absolute Gasteiger partial charge is 0.295 e. The average Bonchev–Trinajstić information content (AvgIpc) is 2.03. The fourth-order valence-electron chi connectivity index (χ4n) is 1.04. The Labute approximate surface area is 86.5 Å². The molecule has 0 aliphatic rings. The second-order valence-electron chi connectivity index (χ2n) is 3.27. The highest BCUT2D eigenvalue weighted by atomic mass is 16.1. The van der Waals surface area contributed by atoms with Crippen molar-refractivity contribution in [3.8, 4) is 0 Å². The summed E-state index contributed by atoms with van der Waals surface area (Å²) in [7, 11) is 0. The molecule has 0 radical (unpaired) electrons. The molecule has 0 aliphatic carbocycles. The fraction of sp³-hybridized carbons (Fsp3) is 0.308. The van der Waals surface area contributed by atoms with E-state index in [-0.39, 0.29) is 5.78 Å². The number of aryl methyl sites for hydroxylation is 2. The summed E-state index contributed by atoms with van der Waals surface area (Å²) in [5, 5.41) is 0. The van der Waals surface area contributed by atoms with Gasteiger partial charge in [0.1, 0.15) is 0 Å². The van der Waals surface area contributed by atoms with Crippen LogP contribution in [0.3, 0.4) is 0 Å². The Balaban J connectivity index is 0.000000255. The maximum Gasteiger partial charge on any atom is 0.152 e. The van der Waals surface area contributed by atoms with E-state index >= 15 is 0 Å². The molecular formula is C13H18O. The highest BCUT2D eigenvalue weighted by Crippen LogP contribution is 2.00. The molecular weight excluding hydrogens is 172 g/mol. The van der Waals surface area contributed by atoms with Crippen LogP contribution in [0.2, 0.25) is 0 Å². The number of hydrogen-bond acceptors (Lipinski definition) is 1. The van der Waals surface area contributed by atoms with E-state index in [1.807, 2.05) is 6.92 Å². The average molecular weight is 190 g/mol. The monoisotopic (exact) mass is 190 g/mol. The van der Waals surface area contributed by atoms with Gasteiger partial charge in [-0.2, -0.15) is 0 Å². The summed E-state index contributed by atoms with van der Waals surface area (Å²) in [5.74, 6) is 0.109. The van der Waals surface area contributed by atoms with Crippen LogP contribution in [0, 0.1) is 13.8 Å². The van der Waals surface area contributed by atoms with Crippen molar-refractivity contribution in [2.45, 2.75) is 27.7 Å². The predicted molar refractivity (Wildman–Crippen MR) is 61.4 cm³/mol. The van der Waals surface area contributed by atoms with Crippen LogP contribution in [0.25, 0.3) is 0 Å². The third-order valence-corrected chi connectivity index (χ3v) is 1.57. The number of ketones is 1. The Morgan fingerprint density at radius 1 is 1.21 bits per heavy atom. The molecule has 1 aromatic carbocycles. The van der Waals surface area contributed by atoms with Gasteiger partial charge >= 0.3 is 0 Å². The molecule has 14 heavy (non-hydrogen) atoms. The van der Waals surface area contributed by atoms with Gasteiger partial charge in [-0.25, -0.2) is 0 Å². The van der Waals surface area contributed by atoms with Crippen LogP contribution >= 0.6 is 0 Å². The van der Waals surface area contributed by atoms with E-state index in [9.17, 15) is 4.79 Å². The summed E-state index contributed by atoms with van der Waals surface area (Å²) in [4.78, 5) is 9.96. The summed E-state index contributed by atoms with van der Waals surface area (Å²) in [6.07, 6.45) is 3.25. The summed E-state index contributed by atoms with van der Waals surface area (Å²) in [5.41, 5.74) is 2.68. The molecule has 1 heteroatoms. The van der Waals surface area contributed by atoms with Crippen molar-refractivity contribution < 1.29 is 4.79 Å². The van der Waals surface area contributed by atoms with Crippen molar-refractivity contribution in [2.75, 3.05) is 0 Å². The van der Waals surface area contributed by atoms with Gasteiger partial charge in [0, 0.05) is 0 Å². The third-order valence-electron chi connectivity index (χ3n) is 1.57. The summed E-state index contributed by atoms with van der Waals surface area (Å²) < 4.78 is 0. The molecule has 0 saturated carbocycles. The quantitative estimate of drug-likeness (QED) is 0.620. The minimum atomic E-state index is 0.109. The summed E-state index contributed by atoms with van der Waals surface area (Å²) >= 11 is 0. The fourth-order valence-corrected chi connectivity index (χ4v) is 1.04. The number of carbonyl (C=O) groups is 1. The molecule has 0 spiro atoms. The SMILES string of the molecule is C/C=C/C(C)=O.Cc1cccc(C)c1. The predicted octanol–water partition coefficient (Wildman–Crippen LogP) is 3.45. The number of carbonyl (C=O) groups excluding carboxylic acids is 1. The lowest BCUT2D eigenvalue weighted by Gasteiger charge is -1.90. The molecule has 0 unspecified atom stereocenters. The molecule has 1 rings (SSSR count). The van der Waals surface area contributed by atoms with E-state index in [1.54, 1.807) is 6.08 Å². The zero-order valence-corrected chi connectivity index (χ0v) is 9.37. The Morgan fingerprint density at radius 3 is 1.86 bits per heavy atom. The van der Waals surface area contributed by atoms with Crippen LogP contribution in [0.5, 0.6) is 0 Å². The second-order valence-corrected chi connectivity index (χ2v) is 3.27. The Morgan fingerprint density at radius 2 is 1.71 bits per heavy atom. The van der Waals surface area contributed by atoms with Gasteiger partial charge in [-0.05, 0) is 33.8 Å². The standard InChI is InChI=1S/C8H10.C5H8O/c1-7-4-3-5-8(2)6-7;1-3-4-5(2)6/h3-6H,1-2H3;3-4H,1-2H3/b;4-3+. The molecule has 0 fully saturated rings. The second kappa shape index (κ2) is 7.07. The first-order valence-corrected chi connectivity index (χ1v) is 4.72. The van der Waals surface area contributed by atoms with Crippen molar-refractivity contribution in [1.29, 1.82) is 0 Å². The topological polar surface area (TPSA) is 17.1 Å². The van der Waals surface area contributed by atoms with Gasteiger partial charge < -0.3 is 0 Å². The van der Waals surface area contributed by atoms with E-state index < -0.39 is 0 Å². The Hall–Kier alpha value is -1.37. The number of allylic oxidation sites excluding steroid dienone is 2. The molecule has 0 amide bonds. The number of hydrogen-bond donors (Lipinski definition) is 0. The summed E-state index contributed by atoms with van der Waals surface area (Å²) in [6, 6.07) is 8.45. The molecule has 0 heterocycles. The molecule has 1 nitrogen and oxygen atoms in total. The van der Waals surface area contributed by atoms with Gasteiger partial charge in [-0.3, -0.25) is 4.79 Å². The molecule has 76 valence electrons. The molecule has 0 aromatic heterocycles. The molecule has 0 bridgehead atoms. The Kier molecular flexibility index (Phi) is 6.38. The first-order valence-electron chi connectivity index (χ1n) is 4.72. The van der Waals surface area contributed by atoms with Crippen LogP contribution in [0.15, 0.2) is 36.4 Å². The van der Waals surface area contributed by atoms with Gasteiger partial charge in [0.05, 0.1) is 0 Å². The lowest BCUT2D eigenvalue weighted by molar-refractivity contribution is -0.112. The van der Waals surface area contributed by atoms with Crippen molar-refractivity contribution in [2.24, 2.45) is 0 Å². The van der Waals surface area contributed by atoms with Crippen LogP contribution in [-0.4, -0.2) is 5.78 Å². The normalized spacial score (nSPS) is 9.43. The van der Waals surface area contributed by atoms with Gasteiger partial charge in [0.2, 0.25) is 0 Å². The summed E-state index contributed by atoms with van der Waals surface area (Å²) in [6.45, 7) is 7.56. The van der Waals surface area contributed by atoms with Gasteiger partial charge in [-0.1, -0.05) is 41.5 Å². The van der Waals surface area contributed by atoms with E-state index in [0.717, 1.165) is 0 Å². The van der Waals surface area contributed by atoms with E-state index in [0.29, 0.717) is 0 Å². The van der Waals surface area contributed by atoms with Crippen LogP contribution in [0.1, 0.15) is 25.0 Å². The number of benzene rings is 1. The lowest BCUT2D eigenvalue weighted by Crippen LogP contribution is -1.76. The zero-order valence-electron chi connectivity index (χ0n) is 9.37. The Bertz CT molecular complexity index is 294. The van der Waals surface area contributed by atoms with E-state index in [2.05, 4.69) is 38.1 Å². The van der Waals surface area contributed by atoms with Crippen LogP contribution in [0.4, 0.5) is 0 Å². The zero-order chi connectivity index (χ0) is 11.0. The first-order chi connectivity index (χ1) is 6.56. The van der Waals surface area contributed by atoms with Gasteiger partial charge in [0.25, 0.3) is 0 Å². The molecule has 0 N–H and O–H groups in total. The van der Waals surface area contributed by atoms with Crippen LogP contribution in [-0.2, 0) is 4.79 Å². The highest BCUT2D eigenvalue weighted by molar-refractivity contribution is 5.87. The highest BCUT2D eigenvalue weighted by Gasteiger charge is 1.80. The van der Waals surface area contributed by atoms with Crippen molar-refractivity contribution >= 4 is 5.78 Å². The maximum atomic E-state index is 9.96. The minimum absolute atomic E-state index is 0.109. The van der Waals surface area contributed by atoms with Crippen molar-refractivity contribution in [3.63, 3.8) is 0 Å². The smallest absolute Gasteiger partial charge is 0.152 e. The first kappa shape index (κ1) is 12.6. The maximum absolute atomic E-state index is 9.96. The minimum Gasteiger partial charge on any atom is -0.295 e. The van der Waals surface area contributed by atoms with Gasteiger partial charge in [-0.15, -0.1) is 0 Å². The lowest BCUT2D eigenvalue weighted by atomic mass is 10.2. The van der Waals surface area contributed by atoms with Crippen LogP contribution < -0.4 is 0 Å². The molecule has 0 atom stereocenters. The van der Waals surface area contributed by atoms with E-state index in [4.69, 9.17) is 0 Å². The van der Waals surface area contributed by atoms with Crippen molar-refractivity contribution in [3.05, 3.63) is 47.5 Å². The molecule has 0 saturated heterocycles. The van der Waals surface area contributed by atoms with Crippen molar-refractivity contribution in [1.82, 2.24) is 0 Å².